The lowest BCUT2D eigenvalue weighted by Crippen LogP contribution is -1.93. The Bertz CT molecular complexity index is 3190. The van der Waals surface area contributed by atoms with Crippen LogP contribution in [0.4, 0.5) is 0 Å². The van der Waals surface area contributed by atoms with E-state index in [2.05, 4.69) is 182 Å². The molecular weight excluding hydrogens is 601 g/mol. The van der Waals surface area contributed by atoms with Crippen LogP contribution in [0.2, 0.25) is 0 Å². The number of benzene rings is 10. The van der Waals surface area contributed by atoms with Crippen LogP contribution < -0.4 is 0 Å². The van der Waals surface area contributed by atoms with Gasteiger partial charge in [0.05, 0.1) is 0 Å². The third-order valence-corrected chi connectivity index (χ3v) is 10.9. The van der Waals surface area contributed by atoms with Gasteiger partial charge in [0.1, 0.15) is 0 Å². The zero-order valence-electron chi connectivity index (χ0n) is 27.3. The summed E-state index contributed by atoms with van der Waals surface area (Å²) in [5.41, 5.74) is 5.06. The second-order valence-corrected chi connectivity index (χ2v) is 13.6. The first kappa shape index (κ1) is 27.5. The second kappa shape index (κ2) is 10.5. The van der Waals surface area contributed by atoms with E-state index in [1.54, 1.807) is 0 Å². The van der Waals surface area contributed by atoms with E-state index in [1.165, 1.54) is 108 Å². The van der Waals surface area contributed by atoms with Gasteiger partial charge in [-0.15, -0.1) is 0 Å². The normalized spacial score (nSPS) is 12.0. The van der Waals surface area contributed by atoms with Gasteiger partial charge in [-0.3, -0.25) is 0 Å². The van der Waals surface area contributed by atoms with E-state index < -0.39 is 0 Å². The molecule has 0 heteroatoms. The van der Waals surface area contributed by atoms with Crippen LogP contribution in [-0.4, -0.2) is 0 Å². The SMILES string of the molecule is c1ccc(-c2c3ccccc3c(-c3cc4ccc5cccc6c7ccccc7c7ccccc7c(c3)c4c56)c3ccc4ccccc4c23)cc1. The van der Waals surface area contributed by atoms with Crippen LogP contribution in [0.1, 0.15) is 0 Å². The molecule has 0 aromatic heterocycles. The highest BCUT2D eigenvalue weighted by molar-refractivity contribution is 6.34. The van der Waals surface area contributed by atoms with Crippen molar-refractivity contribution < 1.29 is 0 Å². The highest BCUT2D eigenvalue weighted by Crippen LogP contribution is 2.48. The van der Waals surface area contributed by atoms with Crippen molar-refractivity contribution in [3.63, 3.8) is 0 Å². The Kier molecular flexibility index (Phi) is 5.76. The predicted octanol–water partition coefficient (Wildman–Crippen LogP) is 14.2. The fraction of sp³-hybridized carbons (Fsp3) is 0. The molecule has 0 amide bonds. The molecule has 0 heterocycles. The van der Waals surface area contributed by atoms with Gasteiger partial charge in [-0.05, 0) is 121 Å². The molecule has 0 N–H and O–H groups in total. The lowest BCUT2D eigenvalue weighted by atomic mass is 9.82. The summed E-state index contributed by atoms with van der Waals surface area (Å²) in [5, 5.41) is 20.5. The molecule has 11 aromatic carbocycles. The summed E-state index contributed by atoms with van der Waals surface area (Å²) in [6.07, 6.45) is 0. The fourth-order valence-corrected chi connectivity index (χ4v) is 8.89. The first-order valence-electron chi connectivity index (χ1n) is 17.4. The van der Waals surface area contributed by atoms with Crippen molar-refractivity contribution >= 4 is 86.2 Å². The van der Waals surface area contributed by atoms with Crippen LogP contribution in [-0.2, 0) is 0 Å². The van der Waals surface area contributed by atoms with Crippen LogP contribution in [0.25, 0.3) is 108 Å². The minimum absolute atomic E-state index is 1.24. The van der Waals surface area contributed by atoms with Crippen molar-refractivity contribution in [2.75, 3.05) is 0 Å². The molecule has 0 atom stereocenters. The summed E-state index contributed by atoms with van der Waals surface area (Å²) < 4.78 is 0. The number of fused-ring (bicyclic) bond motifs is 9. The molecule has 11 aromatic rings. The molecule has 0 bridgehead atoms. The summed E-state index contributed by atoms with van der Waals surface area (Å²) >= 11 is 0. The monoisotopic (exact) mass is 630 g/mol. The Hall–Kier alpha value is -6.50. The molecule has 0 aliphatic heterocycles. The van der Waals surface area contributed by atoms with E-state index in [0.717, 1.165) is 0 Å². The topological polar surface area (TPSA) is 0 Å². The maximum Gasteiger partial charge on any atom is -0.00141 e. The van der Waals surface area contributed by atoms with Crippen LogP contribution in [0.15, 0.2) is 182 Å². The van der Waals surface area contributed by atoms with Crippen LogP contribution >= 0.6 is 0 Å². The van der Waals surface area contributed by atoms with Gasteiger partial charge < -0.3 is 0 Å². The first-order chi connectivity index (χ1) is 24.8. The average Bonchev–Trinajstić information content (AvgIpc) is 3.19. The van der Waals surface area contributed by atoms with Gasteiger partial charge in [0, 0.05) is 0 Å². The molecule has 0 saturated carbocycles. The molecule has 0 fully saturated rings. The second-order valence-electron chi connectivity index (χ2n) is 13.6. The first-order valence-corrected chi connectivity index (χ1v) is 17.4. The Morgan fingerprint density at radius 3 is 1.44 bits per heavy atom. The van der Waals surface area contributed by atoms with Crippen molar-refractivity contribution in [2.45, 2.75) is 0 Å². The number of hydrogen-bond acceptors (Lipinski definition) is 0. The van der Waals surface area contributed by atoms with E-state index >= 15 is 0 Å². The van der Waals surface area contributed by atoms with Gasteiger partial charge in [0.15, 0.2) is 0 Å². The number of hydrogen-bond donors (Lipinski definition) is 0. The Morgan fingerprint density at radius 2 is 0.700 bits per heavy atom. The van der Waals surface area contributed by atoms with Crippen molar-refractivity contribution in [1.82, 2.24) is 0 Å². The Labute approximate surface area is 289 Å². The van der Waals surface area contributed by atoms with Crippen LogP contribution in [0.5, 0.6) is 0 Å². The highest BCUT2D eigenvalue weighted by atomic mass is 14.2. The van der Waals surface area contributed by atoms with Gasteiger partial charge in [-0.2, -0.15) is 0 Å². The molecule has 0 radical (unpaired) electrons. The van der Waals surface area contributed by atoms with E-state index in [4.69, 9.17) is 0 Å². The quantitative estimate of drug-likeness (QED) is 0.132. The van der Waals surface area contributed by atoms with E-state index in [1.807, 2.05) is 0 Å². The summed E-state index contributed by atoms with van der Waals surface area (Å²) in [4.78, 5) is 0. The van der Waals surface area contributed by atoms with Gasteiger partial charge in [0.2, 0.25) is 0 Å². The molecule has 0 aliphatic rings. The summed E-state index contributed by atoms with van der Waals surface area (Å²) in [6.45, 7) is 0. The molecule has 0 aliphatic carbocycles. The zero-order valence-corrected chi connectivity index (χ0v) is 27.3. The standard InChI is InChI=1S/C50H30/c1-2-14-32(15-3-1)48-43-23-11-10-22-42(43)46(44-28-27-31-13-4-5-17-36(31)50(44)48)35-29-34-26-25-33-16-12-24-41-39-20-8-6-18-37(39)38-19-7-9-21-40(38)45(30-35)49(34)47(33)41/h1-30H. The summed E-state index contributed by atoms with van der Waals surface area (Å²) in [5.74, 6) is 0. The van der Waals surface area contributed by atoms with Crippen molar-refractivity contribution in [3.8, 4) is 22.3 Å². The maximum atomic E-state index is 2.49. The third kappa shape index (κ3) is 3.82. The Morgan fingerprint density at radius 1 is 0.200 bits per heavy atom. The molecule has 0 spiro atoms. The van der Waals surface area contributed by atoms with Crippen molar-refractivity contribution in [2.24, 2.45) is 0 Å². The van der Waals surface area contributed by atoms with Gasteiger partial charge in [-0.25, -0.2) is 0 Å². The minimum atomic E-state index is 1.24. The molecule has 0 nitrogen and oxygen atoms in total. The minimum Gasteiger partial charge on any atom is -0.0622 e. The van der Waals surface area contributed by atoms with E-state index in [-0.39, 0.29) is 0 Å². The van der Waals surface area contributed by atoms with Gasteiger partial charge in [0.25, 0.3) is 0 Å². The summed E-state index contributed by atoms with van der Waals surface area (Å²) in [7, 11) is 0. The van der Waals surface area contributed by atoms with Crippen molar-refractivity contribution in [1.29, 1.82) is 0 Å². The average molecular weight is 631 g/mol. The van der Waals surface area contributed by atoms with Crippen LogP contribution in [0, 0.1) is 0 Å². The molecule has 11 rings (SSSR count). The van der Waals surface area contributed by atoms with E-state index in [0.29, 0.717) is 0 Å². The lowest BCUT2D eigenvalue weighted by molar-refractivity contribution is 1.67. The molecule has 50 heavy (non-hydrogen) atoms. The molecule has 0 saturated heterocycles. The van der Waals surface area contributed by atoms with Crippen molar-refractivity contribution in [3.05, 3.63) is 182 Å². The van der Waals surface area contributed by atoms with Gasteiger partial charge in [-0.1, -0.05) is 170 Å². The highest BCUT2D eigenvalue weighted by Gasteiger charge is 2.20. The predicted molar refractivity (Wildman–Crippen MR) is 217 cm³/mol. The molecule has 0 unspecified atom stereocenters. The number of rotatable bonds is 2. The third-order valence-electron chi connectivity index (χ3n) is 10.9. The lowest BCUT2D eigenvalue weighted by Gasteiger charge is -2.20. The van der Waals surface area contributed by atoms with Gasteiger partial charge >= 0.3 is 0 Å². The maximum absolute atomic E-state index is 2.49. The van der Waals surface area contributed by atoms with E-state index in [9.17, 15) is 0 Å². The summed E-state index contributed by atoms with van der Waals surface area (Å²) in [6, 6.07) is 67.7. The zero-order chi connectivity index (χ0) is 32.8. The molecular formula is C50H30. The fourth-order valence-electron chi connectivity index (χ4n) is 8.89. The largest absolute Gasteiger partial charge is 0.0622 e. The van der Waals surface area contributed by atoms with Crippen LogP contribution in [0.3, 0.4) is 0 Å². The smallest absolute Gasteiger partial charge is 0.00141 e. The molecule has 230 valence electrons. The Balaban J connectivity index is 1.39.